The molecule has 0 spiro atoms. The molecule has 4 bridgehead atoms. The molecule has 26 heavy (non-hydrogen) atoms. The zero-order chi connectivity index (χ0) is 18.5. The number of urea groups is 1. The molecule has 140 valence electrons. The Morgan fingerprint density at radius 3 is 2.31 bits per heavy atom. The van der Waals surface area contributed by atoms with Crippen LogP contribution in [0.2, 0.25) is 5.02 Å². The lowest BCUT2D eigenvalue weighted by Gasteiger charge is -2.57. The number of benzene rings is 1. The molecular formula is C20H26ClN3O2. The van der Waals surface area contributed by atoms with Gasteiger partial charge in [0.05, 0.1) is 10.6 Å². The van der Waals surface area contributed by atoms with Gasteiger partial charge in [0, 0.05) is 19.3 Å². The van der Waals surface area contributed by atoms with Gasteiger partial charge in [-0.3, -0.25) is 4.79 Å². The molecule has 4 saturated carbocycles. The van der Waals surface area contributed by atoms with E-state index in [9.17, 15) is 9.59 Å². The summed E-state index contributed by atoms with van der Waals surface area (Å²) in [5.74, 6) is 2.00. The van der Waals surface area contributed by atoms with Gasteiger partial charge in [-0.05, 0) is 79.9 Å². The second kappa shape index (κ2) is 6.45. The van der Waals surface area contributed by atoms with Gasteiger partial charge in [-0.25, -0.2) is 4.79 Å². The first kappa shape index (κ1) is 17.7. The van der Waals surface area contributed by atoms with Crippen LogP contribution in [0, 0.1) is 23.2 Å². The number of halogens is 1. The molecule has 6 heteroatoms. The number of rotatable bonds is 4. The van der Waals surface area contributed by atoms with Gasteiger partial charge in [0.2, 0.25) is 5.91 Å². The molecule has 3 amide bonds. The maximum absolute atomic E-state index is 12.7. The Balaban J connectivity index is 1.42. The van der Waals surface area contributed by atoms with Crippen LogP contribution in [0.1, 0.15) is 48.9 Å². The second-order valence-electron chi connectivity index (χ2n) is 8.76. The van der Waals surface area contributed by atoms with Crippen molar-refractivity contribution in [2.45, 2.75) is 38.5 Å². The topological polar surface area (TPSA) is 75.4 Å². The molecule has 4 fully saturated rings. The predicted octanol–water partition coefficient (Wildman–Crippen LogP) is 4.12. The number of carbonyl (C=O) groups is 2. The molecule has 0 radical (unpaired) electrons. The number of hydrogen-bond donors (Lipinski definition) is 2. The Bertz CT molecular complexity index is 713. The first-order valence-corrected chi connectivity index (χ1v) is 9.83. The Labute approximate surface area is 159 Å². The number of nitrogens with two attached hydrogens (primary N) is 1. The van der Waals surface area contributed by atoms with E-state index in [1.807, 2.05) is 7.05 Å². The highest BCUT2D eigenvalue weighted by Gasteiger charge is 2.51. The standard InChI is InChI=1S/C20H26ClN3O2/c1-24(11-20-8-12-4-13(9-20)6-14(5-12)10-20)19(26)23-15-2-3-17(21)16(7-15)18(22)25/h2-3,7,12-14H,4-6,8-11H2,1H3,(H2,22,25)(H,23,26). The summed E-state index contributed by atoms with van der Waals surface area (Å²) < 4.78 is 0. The number of anilines is 1. The predicted molar refractivity (Wildman–Crippen MR) is 102 cm³/mol. The van der Waals surface area contributed by atoms with Gasteiger partial charge in [-0.1, -0.05) is 11.6 Å². The van der Waals surface area contributed by atoms with Crippen LogP contribution < -0.4 is 11.1 Å². The summed E-state index contributed by atoms with van der Waals surface area (Å²) in [5, 5.41) is 3.16. The van der Waals surface area contributed by atoms with Crippen LogP contribution in [0.4, 0.5) is 10.5 Å². The van der Waals surface area contributed by atoms with Crippen molar-refractivity contribution < 1.29 is 9.59 Å². The molecule has 1 aromatic rings. The minimum Gasteiger partial charge on any atom is -0.366 e. The highest BCUT2D eigenvalue weighted by Crippen LogP contribution is 2.60. The van der Waals surface area contributed by atoms with Crippen LogP contribution in [0.15, 0.2) is 18.2 Å². The molecule has 1 aromatic carbocycles. The minimum atomic E-state index is -0.604. The fraction of sp³-hybridized carbons (Fsp3) is 0.600. The molecule has 5 rings (SSSR count). The number of nitrogens with zero attached hydrogens (tertiary/aromatic N) is 1. The van der Waals surface area contributed by atoms with Gasteiger partial charge in [-0.2, -0.15) is 0 Å². The van der Waals surface area contributed by atoms with E-state index in [0.717, 1.165) is 24.3 Å². The lowest BCUT2D eigenvalue weighted by atomic mass is 9.49. The summed E-state index contributed by atoms with van der Waals surface area (Å²) in [6.07, 6.45) is 8.00. The quantitative estimate of drug-likeness (QED) is 0.830. The number of amides is 3. The van der Waals surface area contributed by atoms with E-state index in [1.54, 1.807) is 17.0 Å². The first-order chi connectivity index (χ1) is 12.3. The van der Waals surface area contributed by atoms with Crippen molar-refractivity contribution in [1.29, 1.82) is 0 Å². The van der Waals surface area contributed by atoms with Gasteiger partial charge in [0.1, 0.15) is 0 Å². The molecule has 0 aromatic heterocycles. The van der Waals surface area contributed by atoms with E-state index >= 15 is 0 Å². The molecule has 0 aliphatic heterocycles. The van der Waals surface area contributed by atoms with Gasteiger partial charge >= 0.3 is 6.03 Å². The molecular weight excluding hydrogens is 350 g/mol. The van der Waals surface area contributed by atoms with Gasteiger partial charge < -0.3 is 16.0 Å². The molecule has 0 saturated heterocycles. The normalized spacial score (nSPS) is 31.7. The Morgan fingerprint density at radius 1 is 1.19 bits per heavy atom. The van der Waals surface area contributed by atoms with E-state index in [-0.39, 0.29) is 16.6 Å². The molecule has 0 atom stereocenters. The minimum absolute atomic E-state index is 0.154. The third kappa shape index (κ3) is 3.29. The average Bonchev–Trinajstić information content (AvgIpc) is 2.54. The third-order valence-corrected chi connectivity index (χ3v) is 6.90. The first-order valence-electron chi connectivity index (χ1n) is 9.45. The van der Waals surface area contributed by atoms with Crippen LogP contribution in [-0.2, 0) is 0 Å². The average molecular weight is 376 g/mol. The Hall–Kier alpha value is -1.75. The number of carbonyl (C=O) groups excluding carboxylic acids is 2. The van der Waals surface area contributed by atoms with Crippen LogP contribution >= 0.6 is 11.6 Å². The number of primary amides is 1. The van der Waals surface area contributed by atoms with Crippen LogP contribution in [0.3, 0.4) is 0 Å². The third-order valence-electron chi connectivity index (χ3n) is 6.57. The number of nitrogens with one attached hydrogen (secondary N) is 1. The van der Waals surface area contributed by atoms with Crippen molar-refractivity contribution in [3.8, 4) is 0 Å². The van der Waals surface area contributed by atoms with E-state index in [2.05, 4.69) is 5.32 Å². The second-order valence-corrected chi connectivity index (χ2v) is 9.17. The summed E-state index contributed by atoms with van der Waals surface area (Å²) in [6, 6.07) is 4.64. The summed E-state index contributed by atoms with van der Waals surface area (Å²) >= 11 is 5.97. The van der Waals surface area contributed by atoms with Gasteiger partial charge in [-0.15, -0.1) is 0 Å². The highest BCUT2D eigenvalue weighted by molar-refractivity contribution is 6.33. The SMILES string of the molecule is CN(CC12CC3CC(CC(C3)C1)C2)C(=O)Nc1ccc(Cl)c(C(N)=O)c1. The smallest absolute Gasteiger partial charge is 0.321 e. The van der Waals surface area contributed by atoms with Crippen LogP contribution in [-0.4, -0.2) is 30.4 Å². The van der Waals surface area contributed by atoms with Crippen LogP contribution in [0.5, 0.6) is 0 Å². The lowest BCUT2D eigenvalue weighted by molar-refractivity contribution is -0.0611. The summed E-state index contributed by atoms with van der Waals surface area (Å²) in [5.41, 5.74) is 6.38. The summed E-state index contributed by atoms with van der Waals surface area (Å²) in [6.45, 7) is 0.804. The van der Waals surface area contributed by atoms with Gasteiger partial charge in [0.15, 0.2) is 0 Å². The molecule has 3 N–H and O–H groups in total. The van der Waals surface area contributed by atoms with Crippen molar-refractivity contribution in [2.24, 2.45) is 28.9 Å². The van der Waals surface area contributed by atoms with Crippen molar-refractivity contribution in [2.75, 3.05) is 18.9 Å². The van der Waals surface area contributed by atoms with Crippen molar-refractivity contribution in [3.63, 3.8) is 0 Å². The van der Waals surface area contributed by atoms with Crippen molar-refractivity contribution in [3.05, 3.63) is 28.8 Å². The van der Waals surface area contributed by atoms with E-state index in [4.69, 9.17) is 17.3 Å². The maximum Gasteiger partial charge on any atom is 0.321 e. The monoisotopic (exact) mass is 375 g/mol. The summed E-state index contributed by atoms with van der Waals surface area (Å²) in [4.78, 5) is 25.9. The molecule has 5 nitrogen and oxygen atoms in total. The van der Waals surface area contributed by atoms with Crippen LogP contribution in [0.25, 0.3) is 0 Å². The molecule has 4 aliphatic carbocycles. The molecule has 0 heterocycles. The van der Waals surface area contributed by atoms with E-state index < -0.39 is 5.91 Å². The summed E-state index contributed by atoms with van der Waals surface area (Å²) in [7, 11) is 1.86. The largest absolute Gasteiger partial charge is 0.366 e. The fourth-order valence-corrected chi connectivity index (χ4v) is 6.28. The molecule has 0 unspecified atom stereocenters. The molecule has 4 aliphatic rings. The zero-order valence-electron chi connectivity index (χ0n) is 15.1. The fourth-order valence-electron chi connectivity index (χ4n) is 6.07. The highest BCUT2D eigenvalue weighted by atomic mass is 35.5. The Kier molecular flexibility index (Phi) is 4.38. The van der Waals surface area contributed by atoms with E-state index in [0.29, 0.717) is 11.1 Å². The Morgan fingerprint density at radius 2 is 1.77 bits per heavy atom. The van der Waals surface area contributed by atoms with Crippen molar-refractivity contribution >= 4 is 29.2 Å². The lowest BCUT2D eigenvalue weighted by Crippen LogP contribution is -2.52. The number of hydrogen-bond acceptors (Lipinski definition) is 2. The van der Waals surface area contributed by atoms with E-state index in [1.165, 1.54) is 44.6 Å². The zero-order valence-corrected chi connectivity index (χ0v) is 15.9. The maximum atomic E-state index is 12.7. The van der Waals surface area contributed by atoms with Gasteiger partial charge in [0.25, 0.3) is 0 Å². The van der Waals surface area contributed by atoms with Crippen molar-refractivity contribution in [1.82, 2.24) is 4.90 Å².